The van der Waals surface area contributed by atoms with Gasteiger partial charge in [-0.3, -0.25) is 0 Å². The molecule has 4 aromatic carbocycles. The minimum absolute atomic E-state index is 0.0349. The molecule has 4 aromatic rings. The van der Waals surface area contributed by atoms with E-state index in [4.69, 9.17) is 16.3 Å². The molecular formula is C29H26ClF3O. The zero-order valence-corrected chi connectivity index (χ0v) is 19.8. The van der Waals surface area contributed by atoms with Crippen LogP contribution in [0.15, 0.2) is 66.7 Å². The van der Waals surface area contributed by atoms with E-state index in [1.165, 1.54) is 12.1 Å². The topological polar surface area (TPSA) is 9.23 Å². The lowest BCUT2D eigenvalue weighted by Crippen LogP contribution is -2.02. The van der Waals surface area contributed by atoms with Gasteiger partial charge in [-0.2, -0.15) is 0 Å². The molecule has 0 N–H and O–H groups in total. The number of rotatable bonds is 9. The highest BCUT2D eigenvalue weighted by Gasteiger charge is 2.13. The highest BCUT2D eigenvalue weighted by Crippen LogP contribution is 2.26. The fourth-order valence-electron chi connectivity index (χ4n) is 4.06. The molecule has 0 bridgehead atoms. The van der Waals surface area contributed by atoms with Crippen molar-refractivity contribution in [1.82, 2.24) is 0 Å². The first-order valence-corrected chi connectivity index (χ1v) is 11.9. The van der Waals surface area contributed by atoms with Crippen LogP contribution in [0.1, 0.15) is 35.6 Å². The number of aryl methyl sites for hydroxylation is 3. The van der Waals surface area contributed by atoms with Gasteiger partial charge in [0.15, 0.2) is 0 Å². The Bertz CT molecular complexity index is 1260. The van der Waals surface area contributed by atoms with Crippen LogP contribution in [0, 0.1) is 17.5 Å². The third-order valence-corrected chi connectivity index (χ3v) is 6.20. The summed E-state index contributed by atoms with van der Waals surface area (Å²) in [5.74, 6) is -1.24. The van der Waals surface area contributed by atoms with Gasteiger partial charge < -0.3 is 4.74 Å². The highest BCUT2D eigenvalue weighted by molar-refractivity contribution is 6.30. The summed E-state index contributed by atoms with van der Waals surface area (Å²) in [5.41, 5.74) is 2.69. The molecule has 0 fully saturated rings. The minimum atomic E-state index is -0.608. The average molecular weight is 483 g/mol. The van der Waals surface area contributed by atoms with Gasteiger partial charge in [-0.15, -0.1) is 0 Å². The third-order valence-electron chi connectivity index (χ3n) is 5.95. The second-order valence-corrected chi connectivity index (χ2v) is 8.87. The number of hydrogen-bond donors (Lipinski definition) is 0. The van der Waals surface area contributed by atoms with Crippen molar-refractivity contribution in [3.63, 3.8) is 0 Å². The first-order chi connectivity index (χ1) is 16.4. The van der Waals surface area contributed by atoms with Gasteiger partial charge in [-0.1, -0.05) is 61.0 Å². The predicted molar refractivity (Wildman–Crippen MR) is 132 cm³/mol. The van der Waals surface area contributed by atoms with Crippen molar-refractivity contribution in [3.8, 4) is 5.75 Å². The quantitative estimate of drug-likeness (QED) is 0.233. The fraction of sp³-hybridized carbons (Fsp3) is 0.241. The van der Waals surface area contributed by atoms with Crippen LogP contribution in [0.5, 0.6) is 5.75 Å². The van der Waals surface area contributed by atoms with Crippen molar-refractivity contribution >= 4 is 22.4 Å². The van der Waals surface area contributed by atoms with E-state index in [-0.39, 0.29) is 23.6 Å². The number of halogens is 4. The van der Waals surface area contributed by atoms with Crippen LogP contribution < -0.4 is 4.74 Å². The molecule has 1 nitrogen and oxygen atoms in total. The molecule has 176 valence electrons. The van der Waals surface area contributed by atoms with Crippen LogP contribution in [0.4, 0.5) is 13.2 Å². The second kappa shape index (κ2) is 11.0. The predicted octanol–water partition coefficient (Wildman–Crippen LogP) is 8.27. The molecule has 0 saturated carbocycles. The molecule has 0 aliphatic carbocycles. The van der Waals surface area contributed by atoms with Gasteiger partial charge in [0.1, 0.15) is 23.2 Å². The molecule has 0 unspecified atom stereocenters. The Hall–Kier alpha value is -2.98. The molecule has 0 heterocycles. The molecule has 0 saturated heterocycles. The Labute approximate surface area is 203 Å². The summed E-state index contributed by atoms with van der Waals surface area (Å²) in [6.45, 7) is 2.34. The summed E-state index contributed by atoms with van der Waals surface area (Å²) in [7, 11) is 0. The lowest BCUT2D eigenvalue weighted by atomic mass is 9.97. The van der Waals surface area contributed by atoms with E-state index < -0.39 is 11.6 Å². The van der Waals surface area contributed by atoms with E-state index in [0.29, 0.717) is 35.4 Å². The molecule has 0 spiro atoms. The standard InChI is InChI=1S/C29H26ClF3O/c1-2-15-34-24-17-27(31)26(28(32)18-24)14-7-20-6-13-25-22(16-20)10-9-21(29(25)33)8-3-19-4-11-23(30)12-5-19/h4-6,9-13,16-18H,2-3,7-8,14-15H2,1H3. The lowest BCUT2D eigenvalue weighted by Gasteiger charge is -2.11. The van der Waals surface area contributed by atoms with E-state index >= 15 is 4.39 Å². The van der Waals surface area contributed by atoms with E-state index in [9.17, 15) is 8.78 Å². The molecule has 0 aliphatic rings. The van der Waals surface area contributed by atoms with Crippen molar-refractivity contribution in [2.45, 2.75) is 39.0 Å². The summed E-state index contributed by atoms with van der Waals surface area (Å²) in [6, 6.07) is 19.2. The maximum Gasteiger partial charge on any atom is 0.134 e. The average Bonchev–Trinajstić information content (AvgIpc) is 2.83. The Kier molecular flexibility index (Phi) is 7.79. The zero-order valence-electron chi connectivity index (χ0n) is 19.0. The maximum atomic E-state index is 15.1. The number of benzene rings is 4. The molecule has 4 rings (SSSR count). The summed E-state index contributed by atoms with van der Waals surface area (Å²) in [6.07, 6.45) is 2.72. The van der Waals surface area contributed by atoms with Crippen molar-refractivity contribution in [1.29, 1.82) is 0 Å². The molecule has 5 heteroatoms. The van der Waals surface area contributed by atoms with Gasteiger partial charge in [-0.25, -0.2) is 13.2 Å². The van der Waals surface area contributed by atoms with Gasteiger partial charge in [0, 0.05) is 28.1 Å². The van der Waals surface area contributed by atoms with Crippen LogP contribution in [0.25, 0.3) is 10.8 Å². The molecule has 0 aliphatic heterocycles. The molecule has 0 atom stereocenters. The van der Waals surface area contributed by atoms with E-state index in [1.54, 1.807) is 6.07 Å². The summed E-state index contributed by atoms with van der Waals surface area (Å²) < 4.78 is 49.3. The van der Waals surface area contributed by atoms with Crippen LogP contribution in [-0.4, -0.2) is 6.61 Å². The highest BCUT2D eigenvalue weighted by atomic mass is 35.5. The zero-order chi connectivity index (χ0) is 24.1. The van der Waals surface area contributed by atoms with Crippen LogP contribution in [0.2, 0.25) is 5.02 Å². The molecule has 0 aromatic heterocycles. The summed E-state index contributed by atoms with van der Waals surface area (Å²) >= 11 is 5.93. The van der Waals surface area contributed by atoms with Gasteiger partial charge in [0.05, 0.1) is 6.61 Å². The monoisotopic (exact) mass is 482 g/mol. The van der Waals surface area contributed by atoms with Crippen LogP contribution in [-0.2, 0) is 25.7 Å². The van der Waals surface area contributed by atoms with Gasteiger partial charge in [0.2, 0.25) is 0 Å². The molecular weight excluding hydrogens is 457 g/mol. The Morgan fingerprint density at radius 2 is 1.41 bits per heavy atom. The van der Waals surface area contributed by atoms with Gasteiger partial charge in [0.25, 0.3) is 0 Å². The van der Waals surface area contributed by atoms with E-state index in [1.807, 2.05) is 55.5 Å². The van der Waals surface area contributed by atoms with Crippen molar-refractivity contribution in [2.75, 3.05) is 6.61 Å². The maximum absolute atomic E-state index is 15.1. The van der Waals surface area contributed by atoms with E-state index in [2.05, 4.69) is 0 Å². The third kappa shape index (κ3) is 5.74. The van der Waals surface area contributed by atoms with Crippen molar-refractivity contribution in [3.05, 3.63) is 111 Å². The summed E-state index contributed by atoms with van der Waals surface area (Å²) in [4.78, 5) is 0. The number of fused-ring (bicyclic) bond motifs is 1. The lowest BCUT2D eigenvalue weighted by molar-refractivity contribution is 0.313. The minimum Gasteiger partial charge on any atom is -0.493 e. The molecule has 0 amide bonds. The molecule has 34 heavy (non-hydrogen) atoms. The SMILES string of the molecule is CCCOc1cc(F)c(CCc2ccc3c(F)c(CCc4ccc(Cl)cc4)ccc3c2)c(F)c1. The largest absolute Gasteiger partial charge is 0.493 e. The number of hydrogen-bond acceptors (Lipinski definition) is 1. The first kappa shape index (κ1) is 24.2. The van der Waals surface area contributed by atoms with Crippen molar-refractivity contribution < 1.29 is 17.9 Å². The van der Waals surface area contributed by atoms with Gasteiger partial charge >= 0.3 is 0 Å². The van der Waals surface area contributed by atoms with Crippen molar-refractivity contribution in [2.24, 2.45) is 0 Å². The van der Waals surface area contributed by atoms with Crippen LogP contribution >= 0.6 is 11.6 Å². The smallest absolute Gasteiger partial charge is 0.134 e. The Morgan fingerprint density at radius 1 is 0.735 bits per heavy atom. The van der Waals surface area contributed by atoms with Gasteiger partial charge in [-0.05, 0) is 66.3 Å². The first-order valence-electron chi connectivity index (χ1n) is 11.5. The fourth-order valence-corrected chi connectivity index (χ4v) is 4.18. The van der Waals surface area contributed by atoms with Crippen LogP contribution in [0.3, 0.4) is 0 Å². The normalized spacial score (nSPS) is 11.2. The Balaban J connectivity index is 1.45. The van der Waals surface area contributed by atoms with E-state index in [0.717, 1.165) is 29.4 Å². The molecule has 0 radical (unpaired) electrons. The summed E-state index contributed by atoms with van der Waals surface area (Å²) in [5, 5.41) is 2.00. The number of ether oxygens (including phenoxy) is 1. The second-order valence-electron chi connectivity index (χ2n) is 8.43. The Morgan fingerprint density at radius 3 is 2.12 bits per heavy atom.